The van der Waals surface area contributed by atoms with E-state index in [9.17, 15) is 0 Å². The molecule has 1 unspecified atom stereocenters. The van der Waals surface area contributed by atoms with E-state index in [1.807, 2.05) is 0 Å². The summed E-state index contributed by atoms with van der Waals surface area (Å²) in [6.45, 7) is 5.18. The van der Waals surface area contributed by atoms with E-state index < -0.39 is 0 Å². The van der Waals surface area contributed by atoms with Gasteiger partial charge in [0.1, 0.15) is 0 Å². The van der Waals surface area contributed by atoms with Gasteiger partial charge in [-0.05, 0) is 19.4 Å². The van der Waals surface area contributed by atoms with Crippen molar-refractivity contribution in [2.45, 2.75) is 38.6 Å². The van der Waals surface area contributed by atoms with Crippen molar-refractivity contribution in [1.29, 1.82) is 0 Å². The lowest BCUT2D eigenvalue weighted by Gasteiger charge is -2.17. The van der Waals surface area contributed by atoms with Gasteiger partial charge < -0.3 is 19.9 Å². The fraction of sp³-hybridized carbons (Fsp3) is 1.00. The lowest BCUT2D eigenvalue weighted by Crippen LogP contribution is -2.34. The summed E-state index contributed by atoms with van der Waals surface area (Å²) in [6, 6.07) is 0.461. The maximum absolute atomic E-state index is 8.52. The third-order valence-electron chi connectivity index (χ3n) is 2.41. The summed E-state index contributed by atoms with van der Waals surface area (Å²) in [5, 5.41) is 12.0. The molecule has 2 N–H and O–H groups in total. The average molecular weight is 233 g/mol. The number of ether oxygens (including phenoxy) is 2. The standard InChI is InChI=1S/C12H27NO3/c1-3-4-6-12(11-15-2)13-7-5-9-16-10-8-14/h12-14H,3-11H2,1-2H3. The zero-order chi connectivity index (χ0) is 12.1. The topological polar surface area (TPSA) is 50.7 Å². The molecule has 98 valence electrons. The largest absolute Gasteiger partial charge is 0.394 e. The average Bonchev–Trinajstić information content (AvgIpc) is 2.30. The Kier molecular flexibility index (Phi) is 12.8. The van der Waals surface area contributed by atoms with Gasteiger partial charge in [0.2, 0.25) is 0 Å². The molecule has 0 aromatic heterocycles. The van der Waals surface area contributed by atoms with E-state index in [4.69, 9.17) is 14.6 Å². The molecule has 0 aliphatic carbocycles. The van der Waals surface area contributed by atoms with Crippen molar-refractivity contribution in [3.05, 3.63) is 0 Å². The number of nitrogens with one attached hydrogen (secondary N) is 1. The van der Waals surface area contributed by atoms with Gasteiger partial charge in [0.25, 0.3) is 0 Å². The van der Waals surface area contributed by atoms with Crippen molar-refractivity contribution in [3.63, 3.8) is 0 Å². The Balaban J connectivity index is 3.36. The van der Waals surface area contributed by atoms with Crippen molar-refractivity contribution in [1.82, 2.24) is 5.32 Å². The van der Waals surface area contributed by atoms with E-state index >= 15 is 0 Å². The predicted octanol–water partition coefficient (Wildman–Crippen LogP) is 1.18. The quantitative estimate of drug-likeness (QED) is 0.497. The maximum atomic E-state index is 8.52. The van der Waals surface area contributed by atoms with Gasteiger partial charge >= 0.3 is 0 Å². The summed E-state index contributed by atoms with van der Waals surface area (Å²) in [6.07, 6.45) is 4.61. The summed E-state index contributed by atoms with van der Waals surface area (Å²) >= 11 is 0. The minimum atomic E-state index is 0.107. The van der Waals surface area contributed by atoms with Crippen LogP contribution in [0.5, 0.6) is 0 Å². The van der Waals surface area contributed by atoms with Crippen LogP contribution in [0, 0.1) is 0 Å². The Bertz CT molecular complexity index is 133. The van der Waals surface area contributed by atoms with Crippen LogP contribution in [0.15, 0.2) is 0 Å². The summed E-state index contributed by atoms with van der Waals surface area (Å²) in [4.78, 5) is 0. The van der Waals surface area contributed by atoms with Gasteiger partial charge in [0, 0.05) is 19.8 Å². The minimum absolute atomic E-state index is 0.107. The second kappa shape index (κ2) is 12.9. The number of methoxy groups -OCH3 is 1. The highest BCUT2D eigenvalue weighted by molar-refractivity contribution is 4.65. The molecule has 0 aromatic carbocycles. The SMILES string of the molecule is CCCCC(COC)NCCCOCCO. The van der Waals surface area contributed by atoms with E-state index in [0.29, 0.717) is 19.3 Å². The van der Waals surface area contributed by atoms with Crippen LogP contribution in [0.25, 0.3) is 0 Å². The molecule has 0 saturated carbocycles. The molecule has 0 aliphatic heterocycles. The Morgan fingerprint density at radius 2 is 2.06 bits per heavy atom. The molecule has 4 heteroatoms. The van der Waals surface area contributed by atoms with Crippen LogP contribution in [-0.2, 0) is 9.47 Å². The highest BCUT2D eigenvalue weighted by Crippen LogP contribution is 2.01. The molecular formula is C12H27NO3. The van der Waals surface area contributed by atoms with Crippen LogP contribution in [0.4, 0.5) is 0 Å². The first-order chi connectivity index (χ1) is 7.85. The normalized spacial score (nSPS) is 12.9. The predicted molar refractivity (Wildman–Crippen MR) is 65.7 cm³/mol. The van der Waals surface area contributed by atoms with Gasteiger partial charge in [-0.1, -0.05) is 19.8 Å². The van der Waals surface area contributed by atoms with Gasteiger partial charge in [-0.15, -0.1) is 0 Å². The smallest absolute Gasteiger partial charge is 0.0697 e. The molecule has 16 heavy (non-hydrogen) atoms. The molecular weight excluding hydrogens is 206 g/mol. The van der Waals surface area contributed by atoms with E-state index in [1.54, 1.807) is 7.11 Å². The molecule has 0 bridgehead atoms. The molecule has 0 saturated heterocycles. The first kappa shape index (κ1) is 15.8. The van der Waals surface area contributed by atoms with Crippen molar-refractivity contribution in [2.75, 3.05) is 40.1 Å². The summed E-state index contributed by atoms with van der Waals surface area (Å²) in [5.41, 5.74) is 0. The molecule has 0 aromatic rings. The third-order valence-corrected chi connectivity index (χ3v) is 2.41. The van der Waals surface area contributed by atoms with Crippen LogP contribution in [0.3, 0.4) is 0 Å². The van der Waals surface area contributed by atoms with E-state index in [1.165, 1.54) is 19.3 Å². The summed E-state index contributed by atoms with van der Waals surface area (Å²) < 4.78 is 10.4. The molecule has 0 heterocycles. The first-order valence-corrected chi connectivity index (χ1v) is 6.26. The Hall–Kier alpha value is -0.160. The molecule has 0 rings (SSSR count). The lowest BCUT2D eigenvalue weighted by molar-refractivity contribution is 0.0892. The number of hydrogen-bond acceptors (Lipinski definition) is 4. The third kappa shape index (κ3) is 10.4. The molecule has 0 aliphatic rings. The fourth-order valence-corrected chi connectivity index (χ4v) is 1.54. The van der Waals surface area contributed by atoms with Gasteiger partial charge in [-0.25, -0.2) is 0 Å². The van der Waals surface area contributed by atoms with Crippen molar-refractivity contribution >= 4 is 0 Å². The van der Waals surface area contributed by atoms with Crippen LogP contribution < -0.4 is 5.32 Å². The molecule has 0 amide bonds. The molecule has 1 atom stereocenters. The highest BCUT2D eigenvalue weighted by Gasteiger charge is 2.05. The van der Waals surface area contributed by atoms with Crippen LogP contribution in [-0.4, -0.2) is 51.2 Å². The van der Waals surface area contributed by atoms with Crippen LogP contribution in [0.2, 0.25) is 0 Å². The van der Waals surface area contributed by atoms with Gasteiger partial charge in [0.15, 0.2) is 0 Å². The zero-order valence-corrected chi connectivity index (χ0v) is 10.7. The van der Waals surface area contributed by atoms with Gasteiger partial charge in [0.05, 0.1) is 19.8 Å². The van der Waals surface area contributed by atoms with Crippen LogP contribution >= 0.6 is 0 Å². The summed E-state index contributed by atoms with van der Waals surface area (Å²) in [7, 11) is 1.74. The summed E-state index contributed by atoms with van der Waals surface area (Å²) in [5.74, 6) is 0. The monoisotopic (exact) mass is 233 g/mol. The number of rotatable bonds is 12. The molecule has 0 radical (unpaired) electrons. The Labute approximate surface area is 99.3 Å². The van der Waals surface area contributed by atoms with Crippen molar-refractivity contribution in [2.24, 2.45) is 0 Å². The molecule has 0 spiro atoms. The second-order valence-electron chi connectivity index (χ2n) is 3.94. The number of aliphatic hydroxyl groups excluding tert-OH is 1. The molecule has 4 nitrogen and oxygen atoms in total. The second-order valence-corrected chi connectivity index (χ2v) is 3.94. The number of unbranched alkanes of at least 4 members (excludes halogenated alkanes) is 1. The lowest BCUT2D eigenvalue weighted by atomic mass is 10.1. The minimum Gasteiger partial charge on any atom is -0.394 e. The van der Waals surface area contributed by atoms with Gasteiger partial charge in [-0.3, -0.25) is 0 Å². The van der Waals surface area contributed by atoms with E-state index in [2.05, 4.69) is 12.2 Å². The van der Waals surface area contributed by atoms with E-state index in [-0.39, 0.29) is 6.61 Å². The zero-order valence-electron chi connectivity index (χ0n) is 10.7. The highest BCUT2D eigenvalue weighted by atomic mass is 16.5. The van der Waals surface area contributed by atoms with E-state index in [0.717, 1.165) is 19.6 Å². The van der Waals surface area contributed by atoms with Crippen LogP contribution in [0.1, 0.15) is 32.6 Å². The number of hydrogen-bond donors (Lipinski definition) is 2. The molecule has 0 fully saturated rings. The van der Waals surface area contributed by atoms with Crippen molar-refractivity contribution < 1.29 is 14.6 Å². The maximum Gasteiger partial charge on any atom is 0.0697 e. The fourth-order valence-electron chi connectivity index (χ4n) is 1.54. The van der Waals surface area contributed by atoms with Crippen molar-refractivity contribution in [3.8, 4) is 0 Å². The Morgan fingerprint density at radius 1 is 1.25 bits per heavy atom. The first-order valence-electron chi connectivity index (χ1n) is 6.26. The Morgan fingerprint density at radius 3 is 2.69 bits per heavy atom. The number of aliphatic hydroxyl groups is 1. The van der Waals surface area contributed by atoms with Gasteiger partial charge in [-0.2, -0.15) is 0 Å².